The summed E-state index contributed by atoms with van der Waals surface area (Å²) >= 11 is 0. The van der Waals surface area contributed by atoms with Crippen molar-refractivity contribution in [1.29, 1.82) is 0 Å². The lowest BCUT2D eigenvalue weighted by Gasteiger charge is -2.18. The van der Waals surface area contributed by atoms with Crippen LogP contribution >= 0.6 is 0 Å². The fourth-order valence-corrected chi connectivity index (χ4v) is 1.89. The van der Waals surface area contributed by atoms with E-state index < -0.39 is 9.84 Å². The van der Waals surface area contributed by atoms with Crippen molar-refractivity contribution in [3.8, 4) is 11.5 Å². The van der Waals surface area contributed by atoms with E-state index in [-0.39, 0.29) is 4.90 Å². The van der Waals surface area contributed by atoms with Crippen molar-refractivity contribution in [3.63, 3.8) is 0 Å². The summed E-state index contributed by atoms with van der Waals surface area (Å²) in [5.41, 5.74) is 0. The summed E-state index contributed by atoms with van der Waals surface area (Å²) < 4.78 is 33.0. The molecule has 1 aromatic rings. The van der Waals surface area contributed by atoms with Gasteiger partial charge in [0.1, 0.15) is 13.2 Å². The Labute approximate surface area is 96.1 Å². The van der Waals surface area contributed by atoms with Gasteiger partial charge < -0.3 is 9.47 Å². The molecule has 0 atom stereocenters. The highest BCUT2D eigenvalue weighted by atomic mass is 32.2. The molecule has 0 amide bonds. The van der Waals surface area contributed by atoms with Crippen molar-refractivity contribution >= 4 is 9.84 Å². The molecule has 5 heteroatoms. The second-order valence-electron chi connectivity index (χ2n) is 3.08. The molecule has 0 unspecified atom stereocenters. The third-order valence-corrected chi connectivity index (χ3v) is 3.05. The summed E-state index contributed by atoms with van der Waals surface area (Å²) in [5, 5.41) is 0. The maximum Gasteiger partial charge on any atom is 0.175 e. The van der Waals surface area contributed by atoms with Crippen LogP contribution in [0.25, 0.3) is 0 Å². The van der Waals surface area contributed by atoms with Crippen molar-refractivity contribution in [3.05, 3.63) is 18.2 Å². The molecule has 0 saturated carbocycles. The minimum atomic E-state index is -3.17. The normalized spacial score (nSPS) is 13.7. The van der Waals surface area contributed by atoms with Crippen LogP contribution in [0.3, 0.4) is 0 Å². The van der Waals surface area contributed by atoms with Gasteiger partial charge in [0.2, 0.25) is 0 Å². The molecule has 2 rings (SSSR count). The highest BCUT2D eigenvalue weighted by molar-refractivity contribution is 7.90. The van der Waals surface area contributed by atoms with Crippen LogP contribution in [0.5, 0.6) is 11.5 Å². The first-order valence-electron chi connectivity index (χ1n) is 5.17. The van der Waals surface area contributed by atoms with Gasteiger partial charge in [-0.05, 0) is 12.1 Å². The Morgan fingerprint density at radius 3 is 2.19 bits per heavy atom. The number of hydrogen-bond acceptors (Lipinski definition) is 4. The van der Waals surface area contributed by atoms with Crippen molar-refractivity contribution in [1.82, 2.24) is 0 Å². The van der Waals surface area contributed by atoms with E-state index in [1.807, 2.05) is 13.8 Å². The number of hydrogen-bond donors (Lipinski definition) is 0. The molecule has 0 N–H and O–H groups in total. The van der Waals surface area contributed by atoms with Gasteiger partial charge in [0.25, 0.3) is 0 Å². The minimum Gasteiger partial charge on any atom is -0.486 e. The van der Waals surface area contributed by atoms with Crippen LogP contribution in [0.15, 0.2) is 23.1 Å². The average molecular weight is 244 g/mol. The van der Waals surface area contributed by atoms with Crippen LogP contribution in [0, 0.1) is 0 Å². The lowest BCUT2D eigenvalue weighted by Crippen LogP contribution is -2.15. The molecule has 90 valence electrons. The zero-order valence-electron chi connectivity index (χ0n) is 9.69. The monoisotopic (exact) mass is 244 g/mol. The molecule has 1 aromatic carbocycles. The number of fused-ring (bicyclic) bond motifs is 1. The van der Waals surface area contributed by atoms with Gasteiger partial charge in [0.15, 0.2) is 21.3 Å². The van der Waals surface area contributed by atoms with Crippen LogP contribution in [0.4, 0.5) is 0 Å². The zero-order valence-corrected chi connectivity index (χ0v) is 10.5. The second-order valence-corrected chi connectivity index (χ2v) is 5.09. The Morgan fingerprint density at radius 2 is 1.62 bits per heavy atom. The third kappa shape index (κ3) is 2.88. The Morgan fingerprint density at radius 1 is 1.06 bits per heavy atom. The van der Waals surface area contributed by atoms with E-state index in [4.69, 9.17) is 9.47 Å². The molecule has 0 fully saturated rings. The Balaban J connectivity index is 0.000000606. The fourth-order valence-electron chi connectivity index (χ4n) is 1.25. The topological polar surface area (TPSA) is 52.6 Å². The molecule has 0 aliphatic carbocycles. The molecule has 1 aliphatic heterocycles. The second kappa shape index (κ2) is 5.21. The molecule has 0 aromatic heterocycles. The smallest absolute Gasteiger partial charge is 0.175 e. The van der Waals surface area contributed by atoms with Gasteiger partial charge in [-0.1, -0.05) is 13.8 Å². The van der Waals surface area contributed by atoms with Crippen molar-refractivity contribution < 1.29 is 17.9 Å². The van der Waals surface area contributed by atoms with Crippen LogP contribution in [-0.4, -0.2) is 27.9 Å². The van der Waals surface area contributed by atoms with Gasteiger partial charge >= 0.3 is 0 Å². The van der Waals surface area contributed by atoms with Crippen molar-refractivity contribution in [2.24, 2.45) is 0 Å². The van der Waals surface area contributed by atoms with Gasteiger partial charge in [-0.25, -0.2) is 8.42 Å². The minimum absolute atomic E-state index is 0.252. The summed E-state index contributed by atoms with van der Waals surface area (Å²) in [5.74, 6) is 1.10. The molecule has 0 spiro atoms. The van der Waals surface area contributed by atoms with E-state index in [1.165, 1.54) is 18.4 Å². The standard InChI is InChI=1S/C9H10O4S.C2H6/c1-14(10,11)7-2-3-8-9(6-7)13-5-4-12-8;1-2/h2-3,6H,4-5H2,1H3;1-2H3. The largest absolute Gasteiger partial charge is 0.486 e. The van der Waals surface area contributed by atoms with E-state index >= 15 is 0 Å². The summed E-state index contributed by atoms with van der Waals surface area (Å²) in [6.45, 7) is 4.96. The van der Waals surface area contributed by atoms with Gasteiger partial charge in [0.05, 0.1) is 4.90 Å². The summed E-state index contributed by atoms with van der Waals surface area (Å²) in [6, 6.07) is 4.62. The summed E-state index contributed by atoms with van der Waals surface area (Å²) in [6.07, 6.45) is 1.17. The van der Waals surface area contributed by atoms with Crippen LogP contribution in [-0.2, 0) is 9.84 Å². The quantitative estimate of drug-likeness (QED) is 0.757. The first-order valence-corrected chi connectivity index (χ1v) is 7.06. The predicted octanol–water partition coefficient (Wildman–Crippen LogP) is 1.89. The number of ether oxygens (including phenoxy) is 2. The number of benzene rings is 1. The maximum atomic E-state index is 11.2. The molecular weight excluding hydrogens is 228 g/mol. The van der Waals surface area contributed by atoms with Gasteiger partial charge in [-0.2, -0.15) is 0 Å². The molecular formula is C11H16O4S. The number of rotatable bonds is 1. The van der Waals surface area contributed by atoms with E-state index in [1.54, 1.807) is 6.07 Å². The van der Waals surface area contributed by atoms with Gasteiger partial charge in [-0.3, -0.25) is 0 Å². The number of sulfone groups is 1. The highest BCUT2D eigenvalue weighted by Gasteiger charge is 2.15. The lowest BCUT2D eigenvalue weighted by atomic mass is 10.3. The first-order chi connectivity index (χ1) is 7.57. The van der Waals surface area contributed by atoms with Gasteiger partial charge in [-0.15, -0.1) is 0 Å². The summed E-state index contributed by atoms with van der Waals surface area (Å²) in [7, 11) is -3.17. The van der Waals surface area contributed by atoms with Crippen LogP contribution in [0.2, 0.25) is 0 Å². The molecule has 0 radical (unpaired) electrons. The lowest BCUT2D eigenvalue weighted by molar-refractivity contribution is 0.171. The van der Waals surface area contributed by atoms with Crippen molar-refractivity contribution in [2.75, 3.05) is 19.5 Å². The Bertz CT molecular complexity index is 451. The maximum absolute atomic E-state index is 11.2. The first kappa shape index (κ1) is 12.8. The zero-order chi connectivity index (χ0) is 12.2. The van der Waals surface area contributed by atoms with Crippen LogP contribution < -0.4 is 9.47 Å². The molecule has 4 nitrogen and oxygen atoms in total. The van der Waals surface area contributed by atoms with E-state index in [0.29, 0.717) is 24.7 Å². The average Bonchev–Trinajstić information content (AvgIpc) is 2.30. The van der Waals surface area contributed by atoms with E-state index in [0.717, 1.165) is 0 Å². The molecule has 1 aliphatic rings. The van der Waals surface area contributed by atoms with Gasteiger partial charge in [0, 0.05) is 12.3 Å². The SMILES string of the molecule is CC.CS(=O)(=O)c1ccc2c(c1)OCCO2. The van der Waals surface area contributed by atoms with E-state index in [2.05, 4.69) is 0 Å². The highest BCUT2D eigenvalue weighted by Crippen LogP contribution is 2.31. The Kier molecular flexibility index (Phi) is 4.18. The van der Waals surface area contributed by atoms with E-state index in [9.17, 15) is 8.42 Å². The molecule has 0 bridgehead atoms. The van der Waals surface area contributed by atoms with Crippen molar-refractivity contribution in [2.45, 2.75) is 18.7 Å². The Hall–Kier alpha value is -1.23. The third-order valence-electron chi connectivity index (χ3n) is 1.94. The molecule has 1 heterocycles. The fraction of sp³-hybridized carbons (Fsp3) is 0.455. The predicted molar refractivity (Wildman–Crippen MR) is 61.9 cm³/mol. The van der Waals surface area contributed by atoms with Crippen LogP contribution in [0.1, 0.15) is 13.8 Å². The molecule has 0 saturated heterocycles. The molecule has 16 heavy (non-hydrogen) atoms. The summed E-state index contributed by atoms with van der Waals surface area (Å²) in [4.78, 5) is 0.252.